The van der Waals surface area contributed by atoms with Gasteiger partial charge in [-0.1, -0.05) is 11.6 Å². The van der Waals surface area contributed by atoms with E-state index in [1.165, 1.54) is 0 Å². The van der Waals surface area contributed by atoms with Crippen LogP contribution in [0, 0.1) is 3.57 Å². The van der Waals surface area contributed by atoms with E-state index in [0.717, 1.165) is 33.1 Å². The summed E-state index contributed by atoms with van der Waals surface area (Å²) < 4.78 is 7.92. The van der Waals surface area contributed by atoms with E-state index < -0.39 is 0 Å². The Balaban J connectivity index is 2.04. The average Bonchev–Trinajstić information content (AvgIpc) is 2.83. The van der Waals surface area contributed by atoms with Crippen molar-refractivity contribution in [3.8, 4) is 5.69 Å². The van der Waals surface area contributed by atoms with Crippen LogP contribution in [0.5, 0.6) is 0 Å². The largest absolute Gasteiger partial charge is 0.383 e. The minimum absolute atomic E-state index is 0.704. The second-order valence-corrected chi connectivity index (χ2v) is 5.62. The fourth-order valence-corrected chi connectivity index (χ4v) is 2.77. The van der Waals surface area contributed by atoms with Crippen LogP contribution in [0.4, 0.5) is 0 Å². The molecule has 2 aromatic rings. The van der Waals surface area contributed by atoms with Crippen LogP contribution in [-0.4, -0.2) is 30.0 Å². The molecule has 0 saturated heterocycles. The van der Waals surface area contributed by atoms with Crippen molar-refractivity contribution in [3.05, 3.63) is 44.7 Å². The van der Waals surface area contributed by atoms with Gasteiger partial charge in [0.1, 0.15) is 0 Å². The molecule has 2 rings (SSSR count). The maximum absolute atomic E-state index is 5.95. The van der Waals surface area contributed by atoms with Gasteiger partial charge in [0.2, 0.25) is 0 Å². The molecule has 0 atom stereocenters. The molecule has 0 aliphatic heterocycles. The number of rotatable bonds is 6. The lowest BCUT2D eigenvalue weighted by molar-refractivity contribution is 0.199. The molecule has 102 valence electrons. The monoisotopic (exact) mass is 391 g/mol. The Bertz CT molecular complexity index is 544. The Morgan fingerprint density at radius 2 is 2.26 bits per heavy atom. The maximum atomic E-state index is 5.95. The predicted octanol–water partition coefficient (Wildman–Crippen LogP) is 2.87. The number of methoxy groups -OCH3 is 1. The third kappa shape index (κ3) is 4.17. The fraction of sp³-hybridized carbons (Fsp3) is 0.308. The summed E-state index contributed by atoms with van der Waals surface area (Å²) in [6, 6.07) is 7.77. The number of hydrogen-bond acceptors (Lipinski definition) is 3. The van der Waals surface area contributed by atoms with Crippen molar-refractivity contribution in [2.45, 2.75) is 6.54 Å². The van der Waals surface area contributed by atoms with Gasteiger partial charge in [-0.25, -0.2) is 4.68 Å². The summed E-state index contributed by atoms with van der Waals surface area (Å²) in [7, 11) is 1.69. The number of benzene rings is 1. The van der Waals surface area contributed by atoms with Gasteiger partial charge in [-0.15, -0.1) is 0 Å². The normalized spacial score (nSPS) is 10.9. The van der Waals surface area contributed by atoms with Crippen molar-refractivity contribution in [2.75, 3.05) is 20.3 Å². The van der Waals surface area contributed by atoms with Gasteiger partial charge in [0.05, 0.1) is 18.0 Å². The summed E-state index contributed by atoms with van der Waals surface area (Å²) in [5, 5.41) is 8.54. The van der Waals surface area contributed by atoms with E-state index in [0.29, 0.717) is 6.61 Å². The van der Waals surface area contributed by atoms with Crippen molar-refractivity contribution in [1.82, 2.24) is 15.1 Å². The van der Waals surface area contributed by atoms with Crippen molar-refractivity contribution in [1.29, 1.82) is 0 Å². The van der Waals surface area contributed by atoms with Gasteiger partial charge < -0.3 is 10.1 Å². The van der Waals surface area contributed by atoms with E-state index in [1.54, 1.807) is 7.11 Å². The summed E-state index contributed by atoms with van der Waals surface area (Å²) in [4.78, 5) is 0. The minimum atomic E-state index is 0.704. The van der Waals surface area contributed by atoms with E-state index in [9.17, 15) is 0 Å². The van der Waals surface area contributed by atoms with Gasteiger partial charge in [0, 0.05) is 35.0 Å². The molecule has 1 aromatic heterocycles. The molecule has 1 N–H and O–H groups in total. The predicted molar refractivity (Wildman–Crippen MR) is 84.9 cm³/mol. The Labute approximate surface area is 131 Å². The Morgan fingerprint density at radius 1 is 1.42 bits per heavy atom. The molecule has 0 saturated carbocycles. The number of halogens is 2. The molecule has 0 bridgehead atoms. The van der Waals surface area contributed by atoms with E-state index in [4.69, 9.17) is 16.3 Å². The van der Waals surface area contributed by atoms with Crippen LogP contribution in [0.2, 0.25) is 5.02 Å². The zero-order valence-electron chi connectivity index (χ0n) is 10.6. The van der Waals surface area contributed by atoms with Gasteiger partial charge in [0.15, 0.2) is 0 Å². The molecule has 0 amide bonds. The smallest absolute Gasteiger partial charge is 0.0780 e. The zero-order chi connectivity index (χ0) is 13.7. The third-order valence-electron chi connectivity index (χ3n) is 2.59. The highest BCUT2D eigenvalue weighted by Crippen LogP contribution is 2.21. The van der Waals surface area contributed by atoms with Gasteiger partial charge in [-0.05, 0) is 46.9 Å². The number of nitrogens with one attached hydrogen (secondary N) is 1. The first-order valence-electron chi connectivity index (χ1n) is 5.90. The Kier molecular flexibility index (Phi) is 5.62. The average molecular weight is 392 g/mol. The molecule has 4 nitrogen and oxygen atoms in total. The summed E-state index contributed by atoms with van der Waals surface area (Å²) in [5.41, 5.74) is 2.04. The molecule has 6 heteroatoms. The van der Waals surface area contributed by atoms with Crippen molar-refractivity contribution >= 4 is 34.2 Å². The summed E-state index contributed by atoms with van der Waals surface area (Å²) >= 11 is 8.21. The molecule has 0 unspecified atom stereocenters. The zero-order valence-corrected chi connectivity index (χ0v) is 13.5. The van der Waals surface area contributed by atoms with Crippen LogP contribution >= 0.6 is 34.2 Å². The molecule has 1 aromatic carbocycles. The summed E-state index contributed by atoms with van der Waals surface area (Å²) in [5.74, 6) is 0. The maximum Gasteiger partial charge on any atom is 0.0780 e. The SMILES string of the molecule is COCCNCc1ccn(-c2ccc(Cl)cc2I)n1. The number of nitrogens with zero attached hydrogens (tertiary/aromatic N) is 2. The quantitative estimate of drug-likeness (QED) is 0.608. The second kappa shape index (κ2) is 7.23. The standard InChI is InChI=1S/C13H15ClIN3O/c1-19-7-5-16-9-11-4-6-18(17-11)13-3-2-10(14)8-12(13)15/h2-4,6,8,16H,5,7,9H2,1H3. The van der Waals surface area contributed by atoms with Crippen molar-refractivity contribution in [2.24, 2.45) is 0 Å². The van der Waals surface area contributed by atoms with Gasteiger partial charge >= 0.3 is 0 Å². The van der Waals surface area contributed by atoms with Crippen LogP contribution in [0.15, 0.2) is 30.5 Å². The van der Waals surface area contributed by atoms with Gasteiger partial charge in [-0.3, -0.25) is 0 Å². The van der Waals surface area contributed by atoms with Crippen LogP contribution in [0.25, 0.3) is 5.69 Å². The van der Waals surface area contributed by atoms with Crippen molar-refractivity contribution < 1.29 is 4.74 Å². The lowest BCUT2D eigenvalue weighted by Gasteiger charge is -2.05. The van der Waals surface area contributed by atoms with Crippen molar-refractivity contribution in [3.63, 3.8) is 0 Å². The lowest BCUT2D eigenvalue weighted by Crippen LogP contribution is -2.18. The minimum Gasteiger partial charge on any atom is -0.383 e. The Hall–Kier alpha value is -0.630. The highest BCUT2D eigenvalue weighted by molar-refractivity contribution is 14.1. The molecular formula is C13H15ClIN3O. The van der Waals surface area contributed by atoms with Crippen LogP contribution in [-0.2, 0) is 11.3 Å². The van der Waals surface area contributed by atoms with E-state index >= 15 is 0 Å². The molecule has 1 heterocycles. The molecular weight excluding hydrogens is 377 g/mol. The van der Waals surface area contributed by atoms with Gasteiger partial charge in [0.25, 0.3) is 0 Å². The molecule has 0 spiro atoms. The molecule has 0 fully saturated rings. The first kappa shape index (κ1) is 14.8. The summed E-state index contributed by atoms with van der Waals surface area (Å²) in [6.07, 6.45) is 1.96. The fourth-order valence-electron chi connectivity index (χ4n) is 1.65. The van der Waals surface area contributed by atoms with Gasteiger partial charge in [-0.2, -0.15) is 5.10 Å². The lowest BCUT2D eigenvalue weighted by atomic mass is 10.3. The first-order valence-corrected chi connectivity index (χ1v) is 7.36. The number of aromatic nitrogens is 2. The van der Waals surface area contributed by atoms with E-state index in [-0.39, 0.29) is 0 Å². The molecule has 0 aliphatic rings. The molecule has 0 aliphatic carbocycles. The molecule has 0 radical (unpaired) electrons. The summed E-state index contributed by atoms with van der Waals surface area (Å²) in [6.45, 7) is 2.26. The number of hydrogen-bond donors (Lipinski definition) is 1. The van der Waals surface area contributed by atoms with Crippen LogP contribution in [0.3, 0.4) is 0 Å². The third-order valence-corrected chi connectivity index (χ3v) is 3.69. The molecule has 19 heavy (non-hydrogen) atoms. The van der Waals surface area contributed by atoms with Crippen LogP contribution in [0.1, 0.15) is 5.69 Å². The van der Waals surface area contributed by atoms with E-state index in [2.05, 4.69) is 33.0 Å². The topological polar surface area (TPSA) is 39.1 Å². The van der Waals surface area contributed by atoms with E-state index in [1.807, 2.05) is 35.1 Å². The number of ether oxygens (including phenoxy) is 1. The Morgan fingerprint density at radius 3 is 3.00 bits per heavy atom. The second-order valence-electron chi connectivity index (χ2n) is 4.02. The first-order chi connectivity index (χ1) is 9.20. The highest BCUT2D eigenvalue weighted by Gasteiger charge is 2.05. The van der Waals surface area contributed by atoms with Crippen LogP contribution < -0.4 is 5.32 Å². The highest BCUT2D eigenvalue weighted by atomic mass is 127.